The molecule has 1 N–H and O–H groups in total. The second-order valence-corrected chi connectivity index (χ2v) is 3.48. The summed E-state index contributed by atoms with van der Waals surface area (Å²) in [6.07, 6.45) is -0.00231. The predicted octanol–water partition coefficient (Wildman–Crippen LogP) is 0.885. The highest BCUT2D eigenvalue weighted by molar-refractivity contribution is 7.80. The molecule has 0 aromatic carbocycles. The van der Waals surface area contributed by atoms with Crippen molar-refractivity contribution in [2.75, 3.05) is 0 Å². The van der Waals surface area contributed by atoms with Crippen LogP contribution in [0.25, 0.3) is 0 Å². The fraction of sp³-hybridized carbons (Fsp3) is 1.00. The van der Waals surface area contributed by atoms with E-state index in [1.165, 1.54) is 0 Å². The first kappa shape index (κ1) is 6.45. The standard InChI is InChI=1S/C3H4ClFO2S/c4-3(5)1-2(3)8(6)7/h2H,1H2,(H,6,7). The molecule has 1 aliphatic rings. The molecule has 0 aromatic heterocycles. The van der Waals surface area contributed by atoms with Crippen LogP contribution < -0.4 is 0 Å². The molecular weight excluding hydrogens is 155 g/mol. The molecule has 0 heterocycles. The molecule has 0 bridgehead atoms. The van der Waals surface area contributed by atoms with Gasteiger partial charge in [0.1, 0.15) is 5.25 Å². The SMILES string of the molecule is O=S(O)C1CC1(F)Cl. The first-order valence-corrected chi connectivity index (χ1v) is 3.56. The Kier molecular flexibility index (Phi) is 1.33. The summed E-state index contributed by atoms with van der Waals surface area (Å²) in [4.78, 5) is 0. The Hall–Kier alpha value is 0.330. The van der Waals surface area contributed by atoms with Gasteiger partial charge in [0.2, 0.25) is 5.13 Å². The van der Waals surface area contributed by atoms with Gasteiger partial charge in [-0.2, -0.15) is 0 Å². The maximum Gasteiger partial charge on any atom is 0.201 e. The minimum atomic E-state index is -2.08. The van der Waals surface area contributed by atoms with E-state index in [9.17, 15) is 8.60 Å². The van der Waals surface area contributed by atoms with Gasteiger partial charge in [-0.05, 0) is 0 Å². The van der Waals surface area contributed by atoms with Gasteiger partial charge in [-0.15, -0.1) is 0 Å². The van der Waals surface area contributed by atoms with Crippen molar-refractivity contribution in [2.45, 2.75) is 16.8 Å². The Morgan fingerprint density at radius 3 is 2.38 bits per heavy atom. The van der Waals surface area contributed by atoms with E-state index in [0.717, 1.165) is 0 Å². The molecule has 0 spiro atoms. The molecule has 8 heavy (non-hydrogen) atoms. The van der Waals surface area contributed by atoms with Crippen molar-refractivity contribution in [3.05, 3.63) is 0 Å². The van der Waals surface area contributed by atoms with Gasteiger partial charge < -0.3 is 4.55 Å². The van der Waals surface area contributed by atoms with Crippen LogP contribution in [0.4, 0.5) is 4.39 Å². The molecule has 3 unspecified atom stereocenters. The third kappa shape index (κ3) is 1.01. The van der Waals surface area contributed by atoms with E-state index >= 15 is 0 Å². The van der Waals surface area contributed by atoms with Crippen LogP contribution in [-0.2, 0) is 11.1 Å². The molecule has 1 fully saturated rings. The second-order valence-electron chi connectivity index (χ2n) is 1.73. The lowest BCUT2D eigenvalue weighted by Gasteiger charge is -1.88. The van der Waals surface area contributed by atoms with Gasteiger partial charge in [-0.3, -0.25) is 0 Å². The van der Waals surface area contributed by atoms with E-state index in [-0.39, 0.29) is 6.42 Å². The monoisotopic (exact) mass is 158 g/mol. The van der Waals surface area contributed by atoms with E-state index in [1.54, 1.807) is 0 Å². The average Bonchev–Trinajstić information content (AvgIpc) is 2.13. The van der Waals surface area contributed by atoms with Crippen molar-refractivity contribution in [3.63, 3.8) is 0 Å². The van der Waals surface area contributed by atoms with E-state index in [1.807, 2.05) is 0 Å². The minimum Gasteiger partial charge on any atom is -0.306 e. The lowest BCUT2D eigenvalue weighted by Crippen LogP contribution is -2.03. The molecule has 5 heteroatoms. The maximum absolute atomic E-state index is 12.1. The van der Waals surface area contributed by atoms with Crippen molar-refractivity contribution in [1.82, 2.24) is 0 Å². The van der Waals surface area contributed by atoms with Gasteiger partial charge >= 0.3 is 0 Å². The summed E-state index contributed by atoms with van der Waals surface area (Å²) in [5, 5.41) is -2.75. The van der Waals surface area contributed by atoms with Crippen LogP contribution >= 0.6 is 11.6 Å². The van der Waals surface area contributed by atoms with Gasteiger partial charge in [-0.25, -0.2) is 8.60 Å². The highest BCUT2D eigenvalue weighted by Gasteiger charge is 2.58. The molecule has 0 amide bonds. The summed E-state index contributed by atoms with van der Waals surface area (Å²) < 4.78 is 30.3. The molecule has 0 radical (unpaired) electrons. The van der Waals surface area contributed by atoms with E-state index in [4.69, 9.17) is 16.2 Å². The van der Waals surface area contributed by atoms with Gasteiger partial charge in [0, 0.05) is 6.42 Å². The Morgan fingerprint density at radius 1 is 2.00 bits per heavy atom. The van der Waals surface area contributed by atoms with Crippen molar-refractivity contribution in [1.29, 1.82) is 0 Å². The lowest BCUT2D eigenvalue weighted by molar-refractivity contribution is 0.425. The van der Waals surface area contributed by atoms with Gasteiger partial charge in [-0.1, -0.05) is 11.6 Å². The molecule has 1 aliphatic carbocycles. The molecule has 1 saturated carbocycles. The van der Waals surface area contributed by atoms with Crippen molar-refractivity contribution >= 4 is 22.7 Å². The molecule has 0 aliphatic heterocycles. The zero-order valence-corrected chi connectivity index (χ0v) is 5.38. The molecule has 0 aromatic rings. The average molecular weight is 159 g/mol. The zero-order valence-electron chi connectivity index (χ0n) is 3.80. The third-order valence-electron chi connectivity index (χ3n) is 1.01. The summed E-state index contributed by atoms with van der Waals surface area (Å²) >= 11 is 2.90. The molecular formula is C3H4ClFO2S. The topological polar surface area (TPSA) is 37.3 Å². The normalized spacial score (nSPS) is 48.6. The Labute approximate surface area is 53.3 Å². The van der Waals surface area contributed by atoms with E-state index in [0.29, 0.717) is 0 Å². The van der Waals surface area contributed by atoms with Crippen LogP contribution in [0, 0.1) is 0 Å². The predicted molar refractivity (Wildman–Crippen MR) is 28.9 cm³/mol. The van der Waals surface area contributed by atoms with Crippen LogP contribution in [0.1, 0.15) is 6.42 Å². The molecule has 1 rings (SSSR count). The van der Waals surface area contributed by atoms with Gasteiger partial charge in [0.05, 0.1) is 0 Å². The Bertz CT molecular complexity index is 137. The first-order chi connectivity index (χ1) is 3.54. The van der Waals surface area contributed by atoms with Crippen LogP contribution in [0.3, 0.4) is 0 Å². The Morgan fingerprint density at radius 2 is 2.38 bits per heavy atom. The second kappa shape index (κ2) is 1.65. The number of alkyl halides is 2. The molecule has 0 saturated heterocycles. The smallest absolute Gasteiger partial charge is 0.201 e. The summed E-state index contributed by atoms with van der Waals surface area (Å²) in [5.74, 6) is 0. The highest BCUT2D eigenvalue weighted by Crippen LogP contribution is 2.47. The van der Waals surface area contributed by atoms with Crippen LogP contribution in [-0.4, -0.2) is 19.1 Å². The van der Waals surface area contributed by atoms with Crippen LogP contribution in [0.15, 0.2) is 0 Å². The fourth-order valence-corrected chi connectivity index (χ4v) is 1.56. The number of halogens is 2. The van der Waals surface area contributed by atoms with Crippen LogP contribution in [0.2, 0.25) is 0 Å². The highest BCUT2D eigenvalue weighted by atomic mass is 35.5. The summed E-state index contributed by atoms with van der Waals surface area (Å²) in [7, 11) is 0. The van der Waals surface area contributed by atoms with E-state index < -0.39 is 21.5 Å². The van der Waals surface area contributed by atoms with Crippen LogP contribution in [0.5, 0.6) is 0 Å². The summed E-state index contributed by atoms with van der Waals surface area (Å²) in [6, 6.07) is 0. The zero-order chi connectivity index (χ0) is 6.36. The Balaban J connectivity index is 2.48. The molecule has 3 atom stereocenters. The minimum absolute atomic E-state index is 0.00231. The summed E-state index contributed by atoms with van der Waals surface area (Å²) in [6.45, 7) is 0. The largest absolute Gasteiger partial charge is 0.306 e. The quantitative estimate of drug-likeness (QED) is 0.455. The van der Waals surface area contributed by atoms with Gasteiger partial charge in [0.15, 0.2) is 11.1 Å². The molecule has 48 valence electrons. The lowest BCUT2D eigenvalue weighted by atomic mass is 10.9. The van der Waals surface area contributed by atoms with Crippen molar-refractivity contribution in [2.24, 2.45) is 0 Å². The number of hydrogen-bond donors (Lipinski definition) is 1. The van der Waals surface area contributed by atoms with E-state index in [2.05, 4.69) is 0 Å². The summed E-state index contributed by atoms with van der Waals surface area (Å²) in [5.41, 5.74) is 0. The number of rotatable bonds is 1. The number of hydrogen-bond acceptors (Lipinski definition) is 1. The van der Waals surface area contributed by atoms with Gasteiger partial charge in [0.25, 0.3) is 0 Å². The fourth-order valence-electron chi connectivity index (χ4n) is 0.407. The first-order valence-electron chi connectivity index (χ1n) is 2.01. The van der Waals surface area contributed by atoms with Crippen molar-refractivity contribution in [3.8, 4) is 0 Å². The third-order valence-corrected chi connectivity index (χ3v) is 2.59. The maximum atomic E-state index is 12.1. The van der Waals surface area contributed by atoms with Crippen molar-refractivity contribution < 1.29 is 13.2 Å². The molecule has 2 nitrogen and oxygen atoms in total.